The van der Waals surface area contributed by atoms with E-state index in [-0.39, 0.29) is 5.60 Å². The van der Waals surface area contributed by atoms with E-state index in [1.165, 1.54) is 38.5 Å². The maximum Gasteiger partial charge on any atom is 0.0836 e. The Bertz CT molecular complexity index is 239. The fraction of sp³-hybridized carbons (Fsp3) is 1.00. The third-order valence-corrected chi connectivity index (χ3v) is 4.54. The van der Waals surface area contributed by atoms with Gasteiger partial charge in [-0.1, -0.05) is 39.0 Å². The molecule has 2 aliphatic rings. The van der Waals surface area contributed by atoms with E-state index in [4.69, 9.17) is 9.47 Å². The highest BCUT2D eigenvalue weighted by Crippen LogP contribution is 2.35. The zero-order valence-corrected chi connectivity index (χ0v) is 12.6. The molecule has 2 fully saturated rings. The molecule has 2 aliphatic heterocycles. The molecule has 1 N–H and O–H groups in total. The van der Waals surface area contributed by atoms with Crippen molar-refractivity contribution < 1.29 is 9.47 Å². The summed E-state index contributed by atoms with van der Waals surface area (Å²) in [6.07, 6.45) is 11.8. The lowest BCUT2D eigenvalue weighted by Gasteiger charge is -2.32. The monoisotopic (exact) mass is 269 g/mol. The standard InChI is InChI=1S/C16H31NO2/c1-2-3-4-5-6-7-12-18-15-13-16(19-14-15)8-10-17-11-9-16/h15,17H,2-14H2,1H3. The molecule has 3 heteroatoms. The average molecular weight is 269 g/mol. The van der Waals surface area contributed by atoms with E-state index in [9.17, 15) is 0 Å². The van der Waals surface area contributed by atoms with Crippen LogP contribution in [0.1, 0.15) is 64.7 Å². The minimum atomic E-state index is 0.150. The first-order chi connectivity index (χ1) is 9.35. The molecule has 0 aromatic heterocycles. The molecule has 0 amide bonds. The third kappa shape index (κ3) is 5.05. The Morgan fingerprint density at radius 3 is 2.63 bits per heavy atom. The van der Waals surface area contributed by atoms with Crippen molar-refractivity contribution in [3.05, 3.63) is 0 Å². The van der Waals surface area contributed by atoms with Crippen molar-refractivity contribution in [2.24, 2.45) is 0 Å². The zero-order valence-electron chi connectivity index (χ0n) is 12.6. The molecule has 0 radical (unpaired) electrons. The van der Waals surface area contributed by atoms with Gasteiger partial charge in [-0.05, 0) is 32.4 Å². The maximum atomic E-state index is 6.04. The van der Waals surface area contributed by atoms with Crippen molar-refractivity contribution in [3.63, 3.8) is 0 Å². The lowest BCUT2D eigenvalue weighted by Crippen LogP contribution is -2.41. The second-order valence-electron chi connectivity index (χ2n) is 6.21. The molecular formula is C16H31NO2. The van der Waals surface area contributed by atoms with E-state index in [0.29, 0.717) is 6.10 Å². The van der Waals surface area contributed by atoms with Crippen LogP contribution in [0.2, 0.25) is 0 Å². The fourth-order valence-electron chi connectivity index (χ4n) is 3.27. The molecule has 0 saturated carbocycles. The first kappa shape index (κ1) is 15.3. The van der Waals surface area contributed by atoms with Crippen LogP contribution in [-0.4, -0.2) is 38.0 Å². The van der Waals surface area contributed by atoms with E-state index in [1.807, 2.05) is 0 Å². The summed E-state index contributed by atoms with van der Waals surface area (Å²) in [5, 5.41) is 3.41. The minimum absolute atomic E-state index is 0.150. The molecule has 1 atom stereocenters. The van der Waals surface area contributed by atoms with Gasteiger partial charge in [-0.15, -0.1) is 0 Å². The quantitative estimate of drug-likeness (QED) is 0.686. The van der Waals surface area contributed by atoms with Gasteiger partial charge in [0, 0.05) is 13.0 Å². The smallest absolute Gasteiger partial charge is 0.0836 e. The topological polar surface area (TPSA) is 30.5 Å². The van der Waals surface area contributed by atoms with Crippen molar-refractivity contribution in [1.29, 1.82) is 0 Å². The van der Waals surface area contributed by atoms with Gasteiger partial charge >= 0.3 is 0 Å². The van der Waals surface area contributed by atoms with E-state index in [1.54, 1.807) is 0 Å². The highest BCUT2D eigenvalue weighted by Gasteiger charge is 2.41. The van der Waals surface area contributed by atoms with Crippen molar-refractivity contribution in [2.75, 3.05) is 26.3 Å². The van der Waals surface area contributed by atoms with Gasteiger partial charge in [0.1, 0.15) is 0 Å². The molecule has 0 aliphatic carbocycles. The Labute approximate surface area is 118 Å². The summed E-state index contributed by atoms with van der Waals surface area (Å²) >= 11 is 0. The third-order valence-electron chi connectivity index (χ3n) is 4.54. The second-order valence-corrected chi connectivity index (χ2v) is 6.21. The summed E-state index contributed by atoms with van der Waals surface area (Å²) < 4.78 is 12.0. The fourth-order valence-corrected chi connectivity index (χ4v) is 3.27. The molecule has 2 saturated heterocycles. The van der Waals surface area contributed by atoms with Crippen molar-refractivity contribution in [1.82, 2.24) is 5.32 Å². The molecule has 0 aromatic carbocycles. The minimum Gasteiger partial charge on any atom is -0.376 e. The summed E-state index contributed by atoms with van der Waals surface area (Å²) in [6, 6.07) is 0. The van der Waals surface area contributed by atoms with Crippen LogP contribution in [-0.2, 0) is 9.47 Å². The molecule has 1 spiro atoms. The number of unbranched alkanes of at least 4 members (excludes halogenated alkanes) is 5. The van der Waals surface area contributed by atoms with Gasteiger partial charge < -0.3 is 14.8 Å². The molecule has 19 heavy (non-hydrogen) atoms. The summed E-state index contributed by atoms with van der Waals surface area (Å²) in [6.45, 7) is 6.21. The summed E-state index contributed by atoms with van der Waals surface area (Å²) in [7, 11) is 0. The van der Waals surface area contributed by atoms with Crippen LogP contribution in [0.3, 0.4) is 0 Å². The maximum absolute atomic E-state index is 6.04. The van der Waals surface area contributed by atoms with Gasteiger partial charge in [0.25, 0.3) is 0 Å². The van der Waals surface area contributed by atoms with Crippen LogP contribution in [0.4, 0.5) is 0 Å². The number of nitrogens with one attached hydrogen (secondary N) is 1. The average Bonchev–Trinajstić information content (AvgIpc) is 2.81. The first-order valence-electron chi connectivity index (χ1n) is 8.31. The number of piperidine rings is 1. The number of hydrogen-bond donors (Lipinski definition) is 1. The van der Waals surface area contributed by atoms with Crippen molar-refractivity contribution in [2.45, 2.75) is 76.4 Å². The predicted octanol–water partition coefficient (Wildman–Crippen LogP) is 3.27. The summed E-state index contributed by atoms with van der Waals surface area (Å²) in [4.78, 5) is 0. The molecule has 112 valence electrons. The Morgan fingerprint density at radius 2 is 1.84 bits per heavy atom. The zero-order chi connectivity index (χ0) is 13.4. The van der Waals surface area contributed by atoms with Gasteiger partial charge in [0.2, 0.25) is 0 Å². The molecule has 1 unspecified atom stereocenters. The Hall–Kier alpha value is -0.120. The Kier molecular flexibility index (Phi) is 6.62. The summed E-state index contributed by atoms with van der Waals surface area (Å²) in [5.41, 5.74) is 0.150. The van der Waals surface area contributed by atoms with Gasteiger partial charge in [-0.3, -0.25) is 0 Å². The second kappa shape index (κ2) is 8.23. The Morgan fingerprint density at radius 1 is 1.11 bits per heavy atom. The molecule has 0 aromatic rings. The molecular weight excluding hydrogens is 238 g/mol. The molecule has 0 bridgehead atoms. The van der Waals surface area contributed by atoms with Crippen LogP contribution in [0.15, 0.2) is 0 Å². The first-order valence-corrected chi connectivity index (χ1v) is 8.31. The molecule has 3 nitrogen and oxygen atoms in total. The molecule has 2 rings (SSSR count). The van der Waals surface area contributed by atoms with Crippen LogP contribution in [0, 0.1) is 0 Å². The lowest BCUT2D eigenvalue weighted by atomic mass is 9.89. The highest BCUT2D eigenvalue weighted by molar-refractivity contribution is 4.93. The number of rotatable bonds is 8. The summed E-state index contributed by atoms with van der Waals surface area (Å²) in [5.74, 6) is 0. The van der Waals surface area contributed by atoms with Crippen LogP contribution >= 0.6 is 0 Å². The van der Waals surface area contributed by atoms with Crippen molar-refractivity contribution in [3.8, 4) is 0 Å². The SMILES string of the molecule is CCCCCCCCOC1COC2(CCNCC2)C1. The number of hydrogen-bond acceptors (Lipinski definition) is 3. The van der Waals surface area contributed by atoms with Gasteiger partial charge in [-0.2, -0.15) is 0 Å². The van der Waals surface area contributed by atoms with E-state index in [2.05, 4.69) is 12.2 Å². The number of ether oxygens (including phenoxy) is 2. The van der Waals surface area contributed by atoms with Gasteiger partial charge in [0.15, 0.2) is 0 Å². The van der Waals surface area contributed by atoms with Crippen molar-refractivity contribution >= 4 is 0 Å². The largest absolute Gasteiger partial charge is 0.376 e. The Balaban J connectivity index is 1.51. The van der Waals surface area contributed by atoms with E-state index in [0.717, 1.165) is 45.6 Å². The van der Waals surface area contributed by atoms with Crippen LogP contribution in [0.25, 0.3) is 0 Å². The molecule has 2 heterocycles. The van der Waals surface area contributed by atoms with Gasteiger partial charge in [0.05, 0.1) is 18.3 Å². The normalized spacial score (nSPS) is 26.1. The van der Waals surface area contributed by atoms with E-state index < -0.39 is 0 Å². The van der Waals surface area contributed by atoms with E-state index >= 15 is 0 Å². The predicted molar refractivity (Wildman–Crippen MR) is 78.5 cm³/mol. The van der Waals surface area contributed by atoms with Crippen LogP contribution < -0.4 is 5.32 Å². The lowest BCUT2D eigenvalue weighted by molar-refractivity contribution is -0.0234. The van der Waals surface area contributed by atoms with Gasteiger partial charge in [-0.25, -0.2) is 0 Å². The highest BCUT2D eigenvalue weighted by atomic mass is 16.6. The van der Waals surface area contributed by atoms with Crippen LogP contribution in [0.5, 0.6) is 0 Å².